The Bertz CT molecular complexity index is 668. The first-order valence-electron chi connectivity index (χ1n) is 5.68. The zero-order chi connectivity index (χ0) is 14.7. The van der Waals surface area contributed by atoms with Crippen molar-refractivity contribution in [2.24, 2.45) is 0 Å². The van der Waals surface area contributed by atoms with Gasteiger partial charge in [0.15, 0.2) is 5.69 Å². The zero-order valence-electron chi connectivity index (χ0n) is 10.5. The van der Waals surface area contributed by atoms with Crippen LogP contribution in [0, 0.1) is 6.92 Å². The zero-order valence-corrected chi connectivity index (χ0v) is 12.1. The molecular formula is C12H11BrN4O3. The molecule has 1 amide bonds. The van der Waals surface area contributed by atoms with Crippen LogP contribution in [0.3, 0.4) is 0 Å². The highest BCUT2D eigenvalue weighted by Gasteiger charge is 2.18. The van der Waals surface area contributed by atoms with Crippen molar-refractivity contribution in [1.82, 2.24) is 20.3 Å². The normalized spacial score (nSPS) is 10.3. The molecular weight excluding hydrogens is 328 g/mol. The SMILES string of the molecule is Cc1c(C(=O)NCC(=O)O)nnn1-c1ccccc1Br. The molecule has 8 heteroatoms. The molecule has 0 aliphatic rings. The van der Waals surface area contributed by atoms with Crippen molar-refractivity contribution < 1.29 is 14.7 Å². The second-order valence-electron chi connectivity index (χ2n) is 3.96. The summed E-state index contributed by atoms with van der Waals surface area (Å²) in [6, 6.07) is 7.37. The van der Waals surface area contributed by atoms with Crippen molar-refractivity contribution in [3.8, 4) is 5.69 Å². The number of amides is 1. The number of nitrogens with one attached hydrogen (secondary N) is 1. The number of aliphatic carboxylic acids is 1. The molecule has 1 aromatic carbocycles. The van der Waals surface area contributed by atoms with Gasteiger partial charge in [-0.15, -0.1) is 5.10 Å². The molecule has 7 nitrogen and oxygen atoms in total. The number of hydrogen-bond acceptors (Lipinski definition) is 4. The van der Waals surface area contributed by atoms with Crippen LogP contribution in [-0.4, -0.2) is 38.5 Å². The largest absolute Gasteiger partial charge is 0.480 e. The molecule has 0 saturated carbocycles. The van der Waals surface area contributed by atoms with Crippen molar-refractivity contribution >= 4 is 27.8 Å². The first-order chi connectivity index (χ1) is 9.50. The number of benzene rings is 1. The van der Waals surface area contributed by atoms with Crippen LogP contribution in [0.25, 0.3) is 5.69 Å². The number of hydrogen-bond donors (Lipinski definition) is 2. The number of carboxylic acid groups (broad SMARTS) is 1. The van der Waals surface area contributed by atoms with Crippen LogP contribution in [0.4, 0.5) is 0 Å². The highest BCUT2D eigenvalue weighted by molar-refractivity contribution is 9.10. The van der Waals surface area contributed by atoms with Gasteiger partial charge in [-0.3, -0.25) is 9.59 Å². The predicted octanol–water partition coefficient (Wildman–Crippen LogP) is 1.15. The Morgan fingerprint density at radius 3 is 2.75 bits per heavy atom. The molecule has 0 aliphatic heterocycles. The van der Waals surface area contributed by atoms with Gasteiger partial charge in [0.1, 0.15) is 6.54 Å². The highest BCUT2D eigenvalue weighted by atomic mass is 79.9. The van der Waals surface area contributed by atoms with Gasteiger partial charge in [-0.05, 0) is 35.0 Å². The topological polar surface area (TPSA) is 97.1 Å². The van der Waals surface area contributed by atoms with Gasteiger partial charge in [-0.2, -0.15) is 0 Å². The lowest BCUT2D eigenvalue weighted by Crippen LogP contribution is -2.30. The molecule has 0 fully saturated rings. The molecule has 104 valence electrons. The van der Waals surface area contributed by atoms with E-state index < -0.39 is 18.4 Å². The van der Waals surface area contributed by atoms with Crippen molar-refractivity contribution in [3.63, 3.8) is 0 Å². The highest BCUT2D eigenvalue weighted by Crippen LogP contribution is 2.21. The van der Waals surface area contributed by atoms with E-state index in [1.165, 1.54) is 4.68 Å². The Hall–Kier alpha value is -2.22. The minimum Gasteiger partial charge on any atom is -0.480 e. The minimum absolute atomic E-state index is 0.0991. The first-order valence-corrected chi connectivity index (χ1v) is 6.47. The molecule has 0 aliphatic carbocycles. The van der Waals surface area contributed by atoms with Crippen LogP contribution in [0.15, 0.2) is 28.7 Å². The monoisotopic (exact) mass is 338 g/mol. The van der Waals surface area contributed by atoms with Gasteiger partial charge in [0.05, 0.1) is 11.4 Å². The van der Waals surface area contributed by atoms with Gasteiger partial charge in [0.2, 0.25) is 0 Å². The molecule has 1 heterocycles. The maximum atomic E-state index is 11.8. The molecule has 1 aromatic heterocycles. The van der Waals surface area contributed by atoms with Crippen molar-refractivity contribution in [1.29, 1.82) is 0 Å². The molecule has 0 radical (unpaired) electrons. The standard InChI is InChI=1S/C12H11BrN4O3/c1-7-11(12(20)14-6-10(18)19)15-16-17(7)9-5-3-2-4-8(9)13/h2-5H,6H2,1H3,(H,14,20)(H,18,19). The molecule has 0 bridgehead atoms. The fourth-order valence-corrected chi connectivity index (χ4v) is 2.08. The van der Waals surface area contributed by atoms with E-state index >= 15 is 0 Å². The van der Waals surface area contributed by atoms with Crippen LogP contribution in [0.1, 0.15) is 16.2 Å². The van der Waals surface area contributed by atoms with E-state index in [1.807, 2.05) is 24.3 Å². The molecule has 0 saturated heterocycles. The number of para-hydroxylation sites is 1. The third-order valence-electron chi connectivity index (χ3n) is 2.59. The number of carbonyl (C=O) groups is 2. The Morgan fingerprint density at radius 1 is 1.40 bits per heavy atom. The molecule has 0 atom stereocenters. The summed E-state index contributed by atoms with van der Waals surface area (Å²) < 4.78 is 2.32. The number of nitrogens with zero attached hydrogens (tertiary/aromatic N) is 3. The van der Waals surface area contributed by atoms with E-state index in [0.29, 0.717) is 5.69 Å². The van der Waals surface area contributed by atoms with E-state index in [1.54, 1.807) is 6.92 Å². The molecule has 0 unspecified atom stereocenters. The summed E-state index contributed by atoms with van der Waals surface area (Å²) in [5, 5.41) is 18.5. The van der Waals surface area contributed by atoms with Crippen LogP contribution in [-0.2, 0) is 4.79 Å². The average Bonchev–Trinajstić information content (AvgIpc) is 2.78. The summed E-state index contributed by atoms with van der Waals surface area (Å²) in [6.45, 7) is 1.23. The van der Waals surface area contributed by atoms with Crippen molar-refractivity contribution in [2.75, 3.05) is 6.54 Å². The number of rotatable bonds is 4. The van der Waals surface area contributed by atoms with Gasteiger partial charge in [-0.1, -0.05) is 17.3 Å². The number of carbonyl (C=O) groups excluding carboxylic acids is 1. The first kappa shape index (κ1) is 14.2. The smallest absolute Gasteiger partial charge is 0.322 e. The Morgan fingerprint density at radius 2 is 2.10 bits per heavy atom. The fraction of sp³-hybridized carbons (Fsp3) is 0.167. The van der Waals surface area contributed by atoms with E-state index in [0.717, 1.165) is 10.2 Å². The van der Waals surface area contributed by atoms with Gasteiger partial charge in [-0.25, -0.2) is 4.68 Å². The summed E-state index contributed by atoms with van der Waals surface area (Å²) in [5.74, 6) is -1.68. The van der Waals surface area contributed by atoms with Crippen LogP contribution in [0.5, 0.6) is 0 Å². The van der Waals surface area contributed by atoms with E-state index in [-0.39, 0.29) is 5.69 Å². The summed E-state index contributed by atoms with van der Waals surface area (Å²) >= 11 is 3.40. The summed E-state index contributed by atoms with van der Waals surface area (Å²) in [7, 11) is 0. The third-order valence-corrected chi connectivity index (χ3v) is 3.26. The predicted molar refractivity (Wildman–Crippen MR) is 73.8 cm³/mol. The van der Waals surface area contributed by atoms with Gasteiger partial charge in [0, 0.05) is 4.47 Å². The lowest BCUT2D eigenvalue weighted by Gasteiger charge is -2.05. The number of carboxylic acids is 1. The van der Waals surface area contributed by atoms with E-state index in [2.05, 4.69) is 31.6 Å². The molecule has 2 aromatic rings. The molecule has 2 rings (SSSR count). The third kappa shape index (κ3) is 2.85. The number of aromatic nitrogens is 3. The second-order valence-corrected chi connectivity index (χ2v) is 4.82. The summed E-state index contributed by atoms with van der Waals surface area (Å²) in [6.07, 6.45) is 0. The van der Waals surface area contributed by atoms with Gasteiger partial charge < -0.3 is 10.4 Å². The van der Waals surface area contributed by atoms with Crippen LogP contribution in [0.2, 0.25) is 0 Å². The van der Waals surface area contributed by atoms with Crippen LogP contribution >= 0.6 is 15.9 Å². The van der Waals surface area contributed by atoms with E-state index in [9.17, 15) is 9.59 Å². The van der Waals surface area contributed by atoms with Crippen molar-refractivity contribution in [2.45, 2.75) is 6.92 Å². The lowest BCUT2D eigenvalue weighted by atomic mass is 10.3. The Balaban J connectivity index is 2.30. The molecule has 0 spiro atoms. The lowest BCUT2D eigenvalue weighted by molar-refractivity contribution is -0.135. The average molecular weight is 339 g/mol. The molecule has 20 heavy (non-hydrogen) atoms. The van der Waals surface area contributed by atoms with Crippen molar-refractivity contribution in [3.05, 3.63) is 40.1 Å². The number of halogens is 1. The summed E-state index contributed by atoms with van der Waals surface area (Å²) in [5.41, 5.74) is 1.37. The minimum atomic E-state index is -1.12. The Kier molecular flexibility index (Phi) is 4.14. The quantitative estimate of drug-likeness (QED) is 0.871. The second kappa shape index (κ2) is 5.83. The van der Waals surface area contributed by atoms with E-state index in [4.69, 9.17) is 5.11 Å². The van der Waals surface area contributed by atoms with Gasteiger partial charge >= 0.3 is 5.97 Å². The maximum Gasteiger partial charge on any atom is 0.322 e. The molecule has 2 N–H and O–H groups in total. The van der Waals surface area contributed by atoms with Crippen LogP contribution < -0.4 is 5.32 Å². The fourth-order valence-electron chi connectivity index (χ4n) is 1.63. The summed E-state index contributed by atoms with van der Waals surface area (Å²) in [4.78, 5) is 22.2. The van der Waals surface area contributed by atoms with Gasteiger partial charge in [0.25, 0.3) is 5.91 Å². The Labute approximate surface area is 122 Å². The maximum absolute atomic E-state index is 11.8.